The summed E-state index contributed by atoms with van der Waals surface area (Å²) >= 11 is 0. The second kappa shape index (κ2) is 7.29. The molecule has 0 bridgehead atoms. The van der Waals surface area contributed by atoms with Gasteiger partial charge in [0, 0.05) is 6.42 Å². The molecule has 0 heterocycles. The van der Waals surface area contributed by atoms with Gasteiger partial charge < -0.3 is 9.69 Å². The van der Waals surface area contributed by atoms with Gasteiger partial charge in [0.15, 0.2) is 0 Å². The molecule has 0 aliphatic rings. The van der Waals surface area contributed by atoms with Crippen LogP contribution in [-0.4, -0.2) is 30.8 Å². The second-order valence-corrected chi connectivity index (χ2v) is 3.46. The van der Waals surface area contributed by atoms with Crippen molar-refractivity contribution in [2.75, 3.05) is 20.1 Å². The SMILES string of the molecule is CCCN(C)CCCCC(C)=O. The third-order valence-corrected chi connectivity index (χ3v) is 1.92. The molecule has 12 heavy (non-hydrogen) atoms. The molecule has 0 N–H and O–H groups in total. The van der Waals surface area contributed by atoms with Crippen LogP contribution in [0.2, 0.25) is 0 Å². The Morgan fingerprint density at radius 3 is 2.42 bits per heavy atom. The van der Waals surface area contributed by atoms with Gasteiger partial charge in [-0.1, -0.05) is 6.92 Å². The Morgan fingerprint density at radius 2 is 1.92 bits per heavy atom. The first-order valence-electron chi connectivity index (χ1n) is 4.84. The van der Waals surface area contributed by atoms with Crippen molar-refractivity contribution in [3.8, 4) is 0 Å². The maximum absolute atomic E-state index is 10.6. The summed E-state index contributed by atoms with van der Waals surface area (Å²) in [5.74, 6) is 0.313. The molecule has 0 aliphatic carbocycles. The van der Waals surface area contributed by atoms with Crippen molar-refractivity contribution in [2.45, 2.75) is 39.5 Å². The Hall–Kier alpha value is -0.370. The Balaban J connectivity index is 3.13. The van der Waals surface area contributed by atoms with Crippen LogP contribution in [0.15, 0.2) is 0 Å². The molecule has 2 heteroatoms. The molecule has 0 spiro atoms. The van der Waals surface area contributed by atoms with E-state index in [4.69, 9.17) is 0 Å². The summed E-state index contributed by atoms with van der Waals surface area (Å²) in [5, 5.41) is 0. The number of nitrogens with zero attached hydrogens (tertiary/aromatic N) is 1. The van der Waals surface area contributed by atoms with Crippen molar-refractivity contribution in [3.63, 3.8) is 0 Å². The van der Waals surface area contributed by atoms with Gasteiger partial charge in [-0.05, 0) is 46.3 Å². The predicted molar refractivity (Wildman–Crippen MR) is 52.3 cm³/mol. The number of ketones is 1. The zero-order chi connectivity index (χ0) is 9.40. The minimum atomic E-state index is 0.313. The molecular formula is C10H21NO. The molecule has 0 atom stereocenters. The highest BCUT2D eigenvalue weighted by atomic mass is 16.1. The standard InChI is InChI=1S/C10H21NO/c1-4-8-11(3)9-6-5-7-10(2)12/h4-9H2,1-3H3. The number of hydrogen-bond donors (Lipinski definition) is 0. The number of unbranched alkanes of at least 4 members (excludes halogenated alkanes) is 1. The summed E-state index contributed by atoms with van der Waals surface area (Å²) in [6.07, 6.45) is 4.16. The lowest BCUT2D eigenvalue weighted by Crippen LogP contribution is -2.20. The summed E-state index contributed by atoms with van der Waals surface area (Å²) < 4.78 is 0. The van der Waals surface area contributed by atoms with E-state index in [1.807, 2.05) is 0 Å². The maximum Gasteiger partial charge on any atom is 0.129 e. The van der Waals surface area contributed by atoms with Crippen LogP contribution in [0, 0.1) is 0 Å². The zero-order valence-corrected chi connectivity index (χ0v) is 8.60. The van der Waals surface area contributed by atoms with Crippen molar-refractivity contribution in [3.05, 3.63) is 0 Å². The van der Waals surface area contributed by atoms with E-state index >= 15 is 0 Å². The first-order chi connectivity index (χ1) is 5.66. The summed E-state index contributed by atoms with van der Waals surface area (Å²) in [6.45, 7) is 6.14. The van der Waals surface area contributed by atoms with E-state index < -0.39 is 0 Å². The average molecular weight is 171 g/mol. The molecule has 0 aliphatic heterocycles. The summed E-state index contributed by atoms with van der Waals surface area (Å²) in [5.41, 5.74) is 0. The number of Topliss-reactive ketones (excluding diaryl/α,β-unsaturated/α-hetero) is 1. The molecule has 0 saturated carbocycles. The van der Waals surface area contributed by atoms with Crippen LogP contribution in [0.4, 0.5) is 0 Å². The minimum absolute atomic E-state index is 0.313. The molecule has 2 nitrogen and oxygen atoms in total. The van der Waals surface area contributed by atoms with E-state index in [2.05, 4.69) is 18.9 Å². The molecule has 0 aromatic heterocycles. The highest BCUT2D eigenvalue weighted by Crippen LogP contribution is 1.98. The predicted octanol–water partition coefficient (Wildman–Crippen LogP) is 2.09. The van der Waals surface area contributed by atoms with Gasteiger partial charge in [-0.3, -0.25) is 0 Å². The fourth-order valence-electron chi connectivity index (χ4n) is 1.25. The highest BCUT2D eigenvalue weighted by Gasteiger charge is 1.97. The van der Waals surface area contributed by atoms with Crippen LogP contribution in [0.5, 0.6) is 0 Å². The van der Waals surface area contributed by atoms with Crippen LogP contribution >= 0.6 is 0 Å². The number of rotatable bonds is 7. The lowest BCUT2D eigenvalue weighted by molar-refractivity contribution is -0.117. The fourth-order valence-corrected chi connectivity index (χ4v) is 1.25. The Kier molecular flexibility index (Phi) is 7.06. The Labute approximate surface area is 75.9 Å². The summed E-state index contributed by atoms with van der Waals surface area (Å²) in [7, 11) is 2.14. The lowest BCUT2D eigenvalue weighted by Gasteiger charge is -2.14. The van der Waals surface area contributed by atoms with Crippen LogP contribution in [0.3, 0.4) is 0 Å². The van der Waals surface area contributed by atoms with Gasteiger partial charge in [0.1, 0.15) is 5.78 Å². The summed E-state index contributed by atoms with van der Waals surface area (Å²) in [6, 6.07) is 0. The number of carbonyl (C=O) groups is 1. The van der Waals surface area contributed by atoms with Gasteiger partial charge in [0.2, 0.25) is 0 Å². The zero-order valence-electron chi connectivity index (χ0n) is 8.60. The Bertz CT molecular complexity index is 123. The van der Waals surface area contributed by atoms with Crippen LogP contribution in [0.1, 0.15) is 39.5 Å². The molecule has 0 radical (unpaired) electrons. The smallest absolute Gasteiger partial charge is 0.129 e. The molecule has 72 valence electrons. The van der Waals surface area contributed by atoms with Gasteiger partial charge in [-0.2, -0.15) is 0 Å². The first kappa shape index (κ1) is 11.6. The van der Waals surface area contributed by atoms with Crippen LogP contribution in [-0.2, 0) is 4.79 Å². The largest absolute Gasteiger partial charge is 0.306 e. The van der Waals surface area contributed by atoms with Gasteiger partial charge in [0.25, 0.3) is 0 Å². The number of carbonyl (C=O) groups excluding carboxylic acids is 1. The fraction of sp³-hybridized carbons (Fsp3) is 0.900. The first-order valence-corrected chi connectivity index (χ1v) is 4.84. The molecule has 0 aromatic carbocycles. The third kappa shape index (κ3) is 7.73. The van der Waals surface area contributed by atoms with E-state index in [0.717, 1.165) is 25.8 Å². The highest BCUT2D eigenvalue weighted by molar-refractivity contribution is 5.75. The molecule has 0 aromatic rings. The second-order valence-electron chi connectivity index (χ2n) is 3.46. The van der Waals surface area contributed by atoms with Crippen molar-refractivity contribution in [1.82, 2.24) is 4.90 Å². The molecule has 0 amide bonds. The van der Waals surface area contributed by atoms with Crippen molar-refractivity contribution >= 4 is 5.78 Å². The molecule has 0 fully saturated rings. The van der Waals surface area contributed by atoms with Gasteiger partial charge in [-0.25, -0.2) is 0 Å². The van der Waals surface area contributed by atoms with E-state index in [1.165, 1.54) is 13.0 Å². The molecule has 0 unspecified atom stereocenters. The van der Waals surface area contributed by atoms with E-state index in [9.17, 15) is 4.79 Å². The van der Waals surface area contributed by atoms with Crippen molar-refractivity contribution in [2.24, 2.45) is 0 Å². The normalized spacial score (nSPS) is 10.7. The summed E-state index contributed by atoms with van der Waals surface area (Å²) in [4.78, 5) is 12.9. The third-order valence-electron chi connectivity index (χ3n) is 1.92. The van der Waals surface area contributed by atoms with E-state index in [1.54, 1.807) is 6.92 Å². The van der Waals surface area contributed by atoms with Crippen LogP contribution in [0.25, 0.3) is 0 Å². The van der Waals surface area contributed by atoms with Gasteiger partial charge >= 0.3 is 0 Å². The van der Waals surface area contributed by atoms with Crippen LogP contribution < -0.4 is 0 Å². The van der Waals surface area contributed by atoms with E-state index in [-0.39, 0.29) is 0 Å². The lowest BCUT2D eigenvalue weighted by atomic mass is 10.2. The molecular weight excluding hydrogens is 150 g/mol. The van der Waals surface area contributed by atoms with Crippen molar-refractivity contribution < 1.29 is 4.79 Å². The Morgan fingerprint density at radius 1 is 1.25 bits per heavy atom. The topological polar surface area (TPSA) is 20.3 Å². The number of hydrogen-bond acceptors (Lipinski definition) is 2. The molecule has 0 rings (SSSR count). The van der Waals surface area contributed by atoms with Crippen molar-refractivity contribution in [1.29, 1.82) is 0 Å². The van der Waals surface area contributed by atoms with E-state index in [0.29, 0.717) is 5.78 Å². The monoisotopic (exact) mass is 171 g/mol. The van der Waals surface area contributed by atoms with Gasteiger partial charge in [-0.15, -0.1) is 0 Å². The van der Waals surface area contributed by atoms with Gasteiger partial charge in [0.05, 0.1) is 0 Å². The average Bonchev–Trinajstić information content (AvgIpc) is 1.98. The maximum atomic E-state index is 10.6. The quantitative estimate of drug-likeness (QED) is 0.547. The molecule has 0 saturated heterocycles. The minimum Gasteiger partial charge on any atom is -0.306 e.